The van der Waals surface area contributed by atoms with Crippen molar-refractivity contribution in [1.29, 1.82) is 0 Å². The third-order valence-corrected chi connectivity index (χ3v) is 7.89. The lowest BCUT2D eigenvalue weighted by Gasteiger charge is -2.29. The van der Waals surface area contributed by atoms with E-state index in [9.17, 15) is 14.0 Å². The van der Waals surface area contributed by atoms with Crippen LogP contribution in [0.5, 0.6) is 0 Å². The molecule has 0 radical (unpaired) electrons. The predicted molar refractivity (Wildman–Crippen MR) is 163 cm³/mol. The number of nitrogens with one attached hydrogen (secondary N) is 3. The first kappa shape index (κ1) is 29.1. The standard InChI is InChI=1S/C33H37FN6O2/c1-5-23-25(34)9-6-10-26(23)37-31-29-27(14-18-36-32(29)42)38-30(31)24-13-17-35-21-22(24)12-16-33(2)15-8-20-40(33)28(41)11-7-19-39(3)4/h6-7,9-11,13,17,21,37-38H,5,8,14-15,18-20H2,1-4H3,(H,36,42)/b11-7+/t33-/m1/s1. The summed E-state index contributed by atoms with van der Waals surface area (Å²) in [5, 5.41) is 6.31. The van der Waals surface area contributed by atoms with Gasteiger partial charge in [0.25, 0.3) is 5.91 Å². The highest BCUT2D eigenvalue weighted by Crippen LogP contribution is 2.39. The number of carbonyl (C=O) groups excluding carboxylic acids is 2. The molecule has 0 bridgehead atoms. The number of hydrogen-bond donors (Lipinski definition) is 3. The van der Waals surface area contributed by atoms with Gasteiger partial charge in [-0.3, -0.25) is 14.6 Å². The smallest absolute Gasteiger partial charge is 0.255 e. The SMILES string of the molecule is CCc1c(F)cccc1Nc1c(-c2ccncc2C#C[C@@]2(C)CCCN2C(=O)/C=C/CN(C)C)[nH]c2c1C(=O)NCC2. The van der Waals surface area contributed by atoms with E-state index in [2.05, 4.69) is 32.4 Å². The van der Waals surface area contributed by atoms with Crippen molar-refractivity contribution in [3.05, 3.63) is 77.0 Å². The second kappa shape index (κ2) is 12.2. The summed E-state index contributed by atoms with van der Waals surface area (Å²) in [7, 11) is 3.92. The Balaban J connectivity index is 1.55. The van der Waals surface area contributed by atoms with Crippen molar-refractivity contribution in [2.24, 2.45) is 0 Å². The van der Waals surface area contributed by atoms with E-state index < -0.39 is 5.54 Å². The van der Waals surface area contributed by atoms with Crippen LogP contribution in [-0.4, -0.2) is 70.9 Å². The Bertz CT molecular complexity index is 1600. The van der Waals surface area contributed by atoms with E-state index in [1.807, 2.05) is 56.0 Å². The Kier molecular flexibility index (Phi) is 8.46. The number of fused-ring (bicyclic) bond motifs is 1. The molecule has 8 nitrogen and oxygen atoms in total. The number of amides is 2. The van der Waals surface area contributed by atoms with Crippen molar-refractivity contribution in [2.45, 2.75) is 45.1 Å². The van der Waals surface area contributed by atoms with Crippen molar-refractivity contribution >= 4 is 23.2 Å². The maximum absolute atomic E-state index is 14.7. The van der Waals surface area contributed by atoms with E-state index in [1.165, 1.54) is 6.07 Å². The molecule has 218 valence electrons. The van der Waals surface area contributed by atoms with Crippen molar-refractivity contribution in [1.82, 2.24) is 25.1 Å². The van der Waals surface area contributed by atoms with Crippen LogP contribution in [0.25, 0.3) is 11.3 Å². The molecule has 9 heteroatoms. The van der Waals surface area contributed by atoms with Gasteiger partial charge in [0.15, 0.2) is 0 Å². The summed E-state index contributed by atoms with van der Waals surface area (Å²) in [5.41, 5.74) is 4.55. The Morgan fingerprint density at radius 3 is 2.93 bits per heavy atom. The molecule has 42 heavy (non-hydrogen) atoms. The second-order valence-electron chi connectivity index (χ2n) is 11.2. The molecule has 0 saturated carbocycles. The number of aromatic amines is 1. The number of halogens is 1. The van der Waals surface area contributed by atoms with Gasteiger partial charge in [-0.2, -0.15) is 0 Å². The summed E-state index contributed by atoms with van der Waals surface area (Å²) in [6.07, 6.45) is 9.66. The maximum Gasteiger partial charge on any atom is 0.255 e. The molecule has 2 aliphatic rings. The highest BCUT2D eigenvalue weighted by Gasteiger charge is 2.37. The molecule has 2 aromatic heterocycles. The number of nitrogens with zero attached hydrogens (tertiary/aromatic N) is 3. The minimum Gasteiger partial charge on any atom is -0.356 e. The molecule has 3 N–H and O–H groups in total. The summed E-state index contributed by atoms with van der Waals surface area (Å²) in [5.74, 6) is 6.18. The number of aromatic nitrogens is 2. The first-order valence-corrected chi connectivity index (χ1v) is 14.4. The van der Waals surface area contributed by atoms with E-state index in [4.69, 9.17) is 0 Å². The fraction of sp³-hybridized carbons (Fsp3) is 0.364. The van der Waals surface area contributed by atoms with Crippen molar-refractivity contribution < 1.29 is 14.0 Å². The zero-order valence-corrected chi connectivity index (χ0v) is 24.6. The van der Waals surface area contributed by atoms with Crippen LogP contribution in [0.2, 0.25) is 0 Å². The maximum atomic E-state index is 14.7. The first-order valence-electron chi connectivity index (χ1n) is 14.4. The quantitative estimate of drug-likeness (QED) is 0.285. The summed E-state index contributed by atoms with van der Waals surface area (Å²) in [6, 6.07) is 6.78. The van der Waals surface area contributed by atoms with Gasteiger partial charge in [0.05, 0.1) is 22.5 Å². The number of pyridine rings is 1. The Labute approximate surface area is 246 Å². The number of H-pyrrole nitrogens is 1. The number of rotatable bonds is 7. The molecule has 0 aliphatic carbocycles. The monoisotopic (exact) mass is 568 g/mol. The second-order valence-corrected chi connectivity index (χ2v) is 11.2. The van der Waals surface area contributed by atoms with Crippen LogP contribution in [0, 0.1) is 17.7 Å². The zero-order valence-electron chi connectivity index (χ0n) is 24.6. The molecule has 0 unspecified atom stereocenters. The van der Waals surface area contributed by atoms with Gasteiger partial charge in [0.2, 0.25) is 5.91 Å². The van der Waals surface area contributed by atoms with Crippen molar-refractivity contribution in [3.8, 4) is 23.1 Å². The third-order valence-electron chi connectivity index (χ3n) is 7.89. The van der Waals surface area contributed by atoms with Gasteiger partial charge in [-0.25, -0.2) is 4.39 Å². The Hall–Kier alpha value is -4.42. The summed E-state index contributed by atoms with van der Waals surface area (Å²) < 4.78 is 14.7. The summed E-state index contributed by atoms with van der Waals surface area (Å²) >= 11 is 0. The van der Waals surface area contributed by atoms with Gasteiger partial charge in [-0.1, -0.05) is 30.9 Å². The number of carbonyl (C=O) groups is 2. The van der Waals surface area contributed by atoms with E-state index in [-0.39, 0.29) is 17.6 Å². The van der Waals surface area contributed by atoms with Gasteiger partial charge in [0, 0.05) is 67.0 Å². The van der Waals surface area contributed by atoms with E-state index in [0.29, 0.717) is 66.2 Å². The Morgan fingerprint density at radius 1 is 1.31 bits per heavy atom. The van der Waals surface area contributed by atoms with E-state index in [1.54, 1.807) is 24.5 Å². The molecular formula is C33H37FN6O2. The molecule has 4 heterocycles. The molecule has 1 aromatic carbocycles. The lowest BCUT2D eigenvalue weighted by Crippen LogP contribution is -2.43. The van der Waals surface area contributed by atoms with Crippen LogP contribution in [0.1, 0.15) is 53.9 Å². The molecular weight excluding hydrogens is 531 g/mol. The van der Waals surface area contributed by atoms with Gasteiger partial charge < -0.3 is 25.4 Å². The average molecular weight is 569 g/mol. The molecule has 1 atom stereocenters. The van der Waals surface area contributed by atoms with Gasteiger partial charge in [-0.15, -0.1) is 0 Å². The normalized spacial score (nSPS) is 18.1. The van der Waals surface area contributed by atoms with Crippen molar-refractivity contribution in [2.75, 3.05) is 39.0 Å². The molecule has 0 spiro atoms. The van der Waals surface area contributed by atoms with Gasteiger partial charge in [-0.05, 0) is 58.5 Å². The highest BCUT2D eigenvalue weighted by atomic mass is 19.1. The fourth-order valence-corrected chi connectivity index (χ4v) is 5.69. The van der Waals surface area contributed by atoms with Crippen molar-refractivity contribution in [3.63, 3.8) is 0 Å². The van der Waals surface area contributed by atoms with Gasteiger partial charge >= 0.3 is 0 Å². The number of likely N-dealkylation sites (N-methyl/N-ethyl adjacent to an activating group) is 1. The Morgan fingerprint density at radius 2 is 2.14 bits per heavy atom. The zero-order chi connectivity index (χ0) is 29.9. The van der Waals surface area contributed by atoms with Gasteiger partial charge in [0.1, 0.15) is 11.4 Å². The molecule has 1 fully saturated rings. The predicted octanol–water partition coefficient (Wildman–Crippen LogP) is 4.66. The van der Waals surface area contributed by atoms with E-state index >= 15 is 0 Å². The number of hydrogen-bond acceptors (Lipinski definition) is 5. The molecule has 5 rings (SSSR count). The number of anilines is 2. The van der Waals surface area contributed by atoms with Crippen LogP contribution in [0.15, 0.2) is 48.8 Å². The molecule has 2 aliphatic heterocycles. The number of likely N-dealkylation sites (tertiary alicyclic amines) is 1. The molecule has 1 saturated heterocycles. The topological polar surface area (TPSA) is 93.4 Å². The van der Waals surface area contributed by atoms with Crippen LogP contribution in [0.4, 0.5) is 15.8 Å². The van der Waals surface area contributed by atoms with Crippen LogP contribution < -0.4 is 10.6 Å². The lowest BCUT2D eigenvalue weighted by atomic mass is 9.97. The van der Waals surface area contributed by atoms with Crippen LogP contribution >= 0.6 is 0 Å². The third kappa shape index (κ3) is 5.81. The largest absolute Gasteiger partial charge is 0.356 e. The number of benzene rings is 1. The average Bonchev–Trinajstić information content (AvgIpc) is 3.53. The minimum absolute atomic E-state index is 0.0473. The molecule has 2 amide bonds. The fourth-order valence-electron chi connectivity index (χ4n) is 5.69. The minimum atomic E-state index is -0.625. The first-order chi connectivity index (χ1) is 20.2. The lowest BCUT2D eigenvalue weighted by molar-refractivity contribution is -0.128. The van der Waals surface area contributed by atoms with E-state index in [0.717, 1.165) is 24.1 Å². The summed E-state index contributed by atoms with van der Waals surface area (Å²) in [4.78, 5) is 37.8. The van der Waals surface area contributed by atoms with Crippen LogP contribution in [-0.2, 0) is 17.6 Å². The highest BCUT2D eigenvalue weighted by molar-refractivity contribution is 6.06. The summed E-state index contributed by atoms with van der Waals surface area (Å²) in [6.45, 7) is 5.76. The van der Waals surface area contributed by atoms with Crippen LogP contribution in [0.3, 0.4) is 0 Å². The molecule has 3 aromatic rings.